The standard InChI is InChI=1S/C8H16O2/c1-3-10-5-7-4-8(9)6(7)2/h6-9H,3-5H2,1-2H3. The van der Waals surface area contributed by atoms with Crippen molar-refractivity contribution < 1.29 is 9.84 Å². The second-order valence-electron chi connectivity index (χ2n) is 3.08. The zero-order chi connectivity index (χ0) is 7.56. The van der Waals surface area contributed by atoms with Gasteiger partial charge in [0.15, 0.2) is 0 Å². The molecule has 60 valence electrons. The van der Waals surface area contributed by atoms with Gasteiger partial charge in [-0.15, -0.1) is 0 Å². The molecule has 10 heavy (non-hydrogen) atoms. The Labute approximate surface area is 62.2 Å². The average Bonchev–Trinajstić information content (AvgIpc) is 1.97. The van der Waals surface area contributed by atoms with Gasteiger partial charge in [0.05, 0.1) is 6.10 Å². The second-order valence-corrected chi connectivity index (χ2v) is 3.08. The minimum Gasteiger partial charge on any atom is -0.393 e. The fourth-order valence-electron chi connectivity index (χ4n) is 1.35. The molecule has 0 aliphatic heterocycles. The van der Waals surface area contributed by atoms with Gasteiger partial charge in [0.2, 0.25) is 0 Å². The molecule has 0 heterocycles. The summed E-state index contributed by atoms with van der Waals surface area (Å²) in [5.41, 5.74) is 0. The van der Waals surface area contributed by atoms with Gasteiger partial charge in [0.25, 0.3) is 0 Å². The van der Waals surface area contributed by atoms with Crippen LogP contribution in [0.1, 0.15) is 20.3 Å². The molecule has 2 heteroatoms. The van der Waals surface area contributed by atoms with Gasteiger partial charge in [0.1, 0.15) is 0 Å². The largest absolute Gasteiger partial charge is 0.393 e. The molecule has 1 saturated carbocycles. The fraction of sp³-hybridized carbons (Fsp3) is 1.00. The van der Waals surface area contributed by atoms with E-state index in [1.165, 1.54) is 0 Å². The molecule has 0 radical (unpaired) electrons. The van der Waals surface area contributed by atoms with Gasteiger partial charge < -0.3 is 9.84 Å². The number of aliphatic hydroxyl groups is 1. The average molecular weight is 144 g/mol. The van der Waals surface area contributed by atoms with Crippen molar-refractivity contribution in [2.75, 3.05) is 13.2 Å². The van der Waals surface area contributed by atoms with E-state index in [0.717, 1.165) is 19.6 Å². The van der Waals surface area contributed by atoms with Crippen LogP contribution in [-0.4, -0.2) is 24.4 Å². The maximum atomic E-state index is 9.13. The smallest absolute Gasteiger partial charge is 0.0572 e. The highest BCUT2D eigenvalue weighted by atomic mass is 16.5. The summed E-state index contributed by atoms with van der Waals surface area (Å²) in [5.74, 6) is 1.06. The number of hydrogen-bond acceptors (Lipinski definition) is 2. The van der Waals surface area contributed by atoms with Crippen LogP contribution in [-0.2, 0) is 4.74 Å². The fourth-order valence-corrected chi connectivity index (χ4v) is 1.35. The van der Waals surface area contributed by atoms with Gasteiger partial charge in [-0.2, -0.15) is 0 Å². The number of ether oxygens (including phenoxy) is 1. The van der Waals surface area contributed by atoms with Crippen LogP contribution in [0.5, 0.6) is 0 Å². The minimum atomic E-state index is -0.0644. The Morgan fingerprint density at radius 2 is 2.30 bits per heavy atom. The molecule has 0 amide bonds. The maximum absolute atomic E-state index is 9.13. The third-order valence-corrected chi connectivity index (χ3v) is 2.43. The quantitative estimate of drug-likeness (QED) is 0.641. The lowest BCUT2D eigenvalue weighted by atomic mass is 9.73. The first-order valence-electron chi connectivity index (χ1n) is 4.01. The second kappa shape index (κ2) is 3.35. The predicted molar refractivity (Wildman–Crippen MR) is 39.8 cm³/mol. The van der Waals surface area contributed by atoms with E-state index in [0.29, 0.717) is 11.8 Å². The molecule has 0 aromatic carbocycles. The molecule has 2 nitrogen and oxygen atoms in total. The van der Waals surface area contributed by atoms with E-state index < -0.39 is 0 Å². The monoisotopic (exact) mass is 144 g/mol. The van der Waals surface area contributed by atoms with E-state index in [1.807, 2.05) is 6.92 Å². The summed E-state index contributed by atoms with van der Waals surface area (Å²) < 4.78 is 5.25. The lowest BCUT2D eigenvalue weighted by Crippen LogP contribution is -2.41. The van der Waals surface area contributed by atoms with Gasteiger partial charge in [-0.3, -0.25) is 0 Å². The van der Waals surface area contributed by atoms with Crippen molar-refractivity contribution in [2.24, 2.45) is 11.8 Å². The normalized spacial score (nSPS) is 39.3. The highest BCUT2D eigenvalue weighted by molar-refractivity contribution is 4.85. The highest BCUT2D eigenvalue weighted by Crippen LogP contribution is 2.34. The van der Waals surface area contributed by atoms with E-state index in [9.17, 15) is 0 Å². The summed E-state index contributed by atoms with van der Waals surface area (Å²) in [6.07, 6.45) is 0.867. The summed E-state index contributed by atoms with van der Waals surface area (Å²) in [7, 11) is 0. The van der Waals surface area contributed by atoms with Crippen molar-refractivity contribution >= 4 is 0 Å². The van der Waals surface area contributed by atoms with Crippen LogP contribution in [0.2, 0.25) is 0 Å². The van der Waals surface area contributed by atoms with Crippen molar-refractivity contribution in [2.45, 2.75) is 26.4 Å². The Balaban J connectivity index is 2.08. The molecule has 1 aliphatic rings. The third-order valence-electron chi connectivity index (χ3n) is 2.43. The first-order chi connectivity index (χ1) is 4.75. The number of rotatable bonds is 3. The van der Waals surface area contributed by atoms with Gasteiger partial charge in [0, 0.05) is 13.2 Å². The van der Waals surface area contributed by atoms with Crippen molar-refractivity contribution in [3.63, 3.8) is 0 Å². The Kier molecular flexibility index (Phi) is 2.69. The van der Waals surface area contributed by atoms with Gasteiger partial charge in [-0.05, 0) is 25.2 Å². The Morgan fingerprint density at radius 1 is 1.60 bits per heavy atom. The minimum absolute atomic E-state index is 0.0644. The first-order valence-corrected chi connectivity index (χ1v) is 4.01. The molecule has 1 fully saturated rings. The zero-order valence-electron chi connectivity index (χ0n) is 6.71. The molecule has 3 unspecified atom stereocenters. The topological polar surface area (TPSA) is 29.5 Å². The SMILES string of the molecule is CCOCC1CC(O)C1C. The van der Waals surface area contributed by atoms with Crippen molar-refractivity contribution in [1.29, 1.82) is 0 Å². The Morgan fingerprint density at radius 3 is 2.70 bits per heavy atom. The van der Waals surface area contributed by atoms with Gasteiger partial charge >= 0.3 is 0 Å². The first kappa shape index (κ1) is 8.02. The summed E-state index contributed by atoms with van der Waals surface area (Å²) in [5, 5.41) is 9.13. The van der Waals surface area contributed by atoms with Crippen LogP contribution in [0.15, 0.2) is 0 Å². The predicted octanol–water partition coefficient (Wildman–Crippen LogP) is 1.04. The summed E-state index contributed by atoms with van der Waals surface area (Å²) in [6.45, 7) is 5.70. The van der Waals surface area contributed by atoms with E-state index in [1.54, 1.807) is 0 Å². The molecular weight excluding hydrogens is 128 g/mol. The molecule has 1 N–H and O–H groups in total. The van der Waals surface area contributed by atoms with Crippen LogP contribution in [0.25, 0.3) is 0 Å². The summed E-state index contributed by atoms with van der Waals surface area (Å²) in [6, 6.07) is 0. The van der Waals surface area contributed by atoms with Crippen molar-refractivity contribution in [3.8, 4) is 0 Å². The molecule has 0 aromatic rings. The Bertz CT molecular complexity index is 103. The molecule has 1 aliphatic carbocycles. The zero-order valence-corrected chi connectivity index (χ0v) is 6.71. The molecule has 3 atom stereocenters. The van der Waals surface area contributed by atoms with E-state index in [2.05, 4.69) is 6.92 Å². The van der Waals surface area contributed by atoms with E-state index in [-0.39, 0.29) is 6.10 Å². The molecular formula is C8H16O2. The summed E-state index contributed by atoms with van der Waals surface area (Å²) in [4.78, 5) is 0. The third kappa shape index (κ3) is 1.50. The van der Waals surface area contributed by atoms with Crippen LogP contribution < -0.4 is 0 Å². The molecule has 1 rings (SSSR count). The van der Waals surface area contributed by atoms with E-state index >= 15 is 0 Å². The lowest BCUT2D eigenvalue weighted by molar-refractivity contribution is -0.0600. The maximum Gasteiger partial charge on any atom is 0.0572 e. The molecule has 0 spiro atoms. The number of hydrogen-bond donors (Lipinski definition) is 1. The van der Waals surface area contributed by atoms with E-state index in [4.69, 9.17) is 9.84 Å². The van der Waals surface area contributed by atoms with Gasteiger partial charge in [-0.25, -0.2) is 0 Å². The highest BCUT2D eigenvalue weighted by Gasteiger charge is 2.35. The van der Waals surface area contributed by atoms with Crippen LogP contribution in [0.4, 0.5) is 0 Å². The molecule has 0 aromatic heterocycles. The van der Waals surface area contributed by atoms with Crippen LogP contribution in [0.3, 0.4) is 0 Å². The number of aliphatic hydroxyl groups excluding tert-OH is 1. The molecule has 0 bridgehead atoms. The lowest BCUT2D eigenvalue weighted by Gasteiger charge is -2.39. The van der Waals surface area contributed by atoms with Gasteiger partial charge in [-0.1, -0.05) is 6.92 Å². The van der Waals surface area contributed by atoms with Crippen LogP contribution in [0, 0.1) is 11.8 Å². The Hall–Kier alpha value is -0.0800. The van der Waals surface area contributed by atoms with Crippen LogP contribution >= 0.6 is 0 Å². The summed E-state index contributed by atoms with van der Waals surface area (Å²) >= 11 is 0. The van der Waals surface area contributed by atoms with Crippen molar-refractivity contribution in [3.05, 3.63) is 0 Å². The van der Waals surface area contributed by atoms with Crippen molar-refractivity contribution in [1.82, 2.24) is 0 Å². The molecule has 0 saturated heterocycles.